The Balaban J connectivity index is 2.32. The molecule has 0 bridgehead atoms. The molecular weight excluding hydrogens is 425 g/mol. The number of pyridine rings is 1. The van der Waals surface area contributed by atoms with Gasteiger partial charge in [-0.15, -0.1) is 0 Å². The van der Waals surface area contributed by atoms with Crippen LogP contribution in [0.5, 0.6) is 0 Å². The Labute approximate surface area is 150 Å². The van der Waals surface area contributed by atoms with Crippen molar-refractivity contribution in [3.63, 3.8) is 0 Å². The van der Waals surface area contributed by atoms with Crippen molar-refractivity contribution in [3.05, 3.63) is 52.6 Å². The highest BCUT2D eigenvalue weighted by Crippen LogP contribution is 2.30. The van der Waals surface area contributed by atoms with Gasteiger partial charge in [-0.25, -0.2) is 13.4 Å². The number of aromatic nitrogens is 1. The molecule has 0 aliphatic heterocycles. The summed E-state index contributed by atoms with van der Waals surface area (Å²) in [6.45, 7) is 1.99. The van der Waals surface area contributed by atoms with Gasteiger partial charge < -0.3 is 0 Å². The zero-order valence-corrected chi connectivity index (χ0v) is 15.2. The van der Waals surface area contributed by atoms with Crippen molar-refractivity contribution in [2.24, 2.45) is 0 Å². The molecule has 10 heteroatoms. The van der Waals surface area contributed by atoms with E-state index < -0.39 is 26.1 Å². The minimum absolute atomic E-state index is 0.0488. The molecule has 134 valence electrons. The molecule has 0 saturated heterocycles. The molecule has 0 aliphatic rings. The molecule has 1 aromatic heterocycles. The van der Waals surface area contributed by atoms with E-state index in [2.05, 4.69) is 20.9 Å². The average Bonchev–Trinajstić information content (AvgIpc) is 2.56. The summed E-state index contributed by atoms with van der Waals surface area (Å²) in [4.78, 5) is 17.0. The Morgan fingerprint density at radius 3 is 2.20 bits per heavy atom. The molecule has 2 rings (SSSR count). The fraction of sp³-hybridized carbons (Fsp3) is 0.200. The van der Waals surface area contributed by atoms with Crippen LogP contribution in [0.2, 0.25) is 0 Å². The number of hydrogen-bond acceptors (Lipinski definition) is 4. The highest BCUT2D eigenvalue weighted by atomic mass is 79.9. The van der Waals surface area contributed by atoms with Crippen molar-refractivity contribution < 1.29 is 26.4 Å². The first-order valence-corrected chi connectivity index (χ1v) is 9.20. The predicted octanol–water partition coefficient (Wildman–Crippen LogP) is 3.80. The van der Waals surface area contributed by atoms with Crippen LogP contribution in [0.25, 0.3) is 0 Å². The second-order valence-corrected chi connectivity index (χ2v) is 7.71. The maximum absolute atomic E-state index is 12.5. The zero-order chi connectivity index (χ0) is 18.8. The lowest BCUT2D eigenvalue weighted by Gasteiger charge is -2.20. The number of benzene rings is 1. The summed E-state index contributed by atoms with van der Waals surface area (Å²) in [5, 5.41) is 0. The van der Waals surface area contributed by atoms with Crippen LogP contribution in [-0.2, 0) is 9.84 Å². The molecule has 1 aromatic carbocycles. The molecule has 0 N–H and O–H groups in total. The van der Waals surface area contributed by atoms with Gasteiger partial charge in [-0.2, -0.15) is 13.2 Å². The van der Waals surface area contributed by atoms with Crippen molar-refractivity contribution >= 4 is 37.5 Å². The summed E-state index contributed by atoms with van der Waals surface area (Å²) in [6, 6.07) is 6.91. The number of halogens is 4. The second kappa shape index (κ2) is 7.12. The molecule has 0 radical (unpaired) electrons. The van der Waals surface area contributed by atoms with Gasteiger partial charge in [-0.3, -0.25) is 9.69 Å². The van der Waals surface area contributed by atoms with Gasteiger partial charge >= 0.3 is 5.51 Å². The van der Waals surface area contributed by atoms with Crippen molar-refractivity contribution in [2.45, 2.75) is 17.3 Å². The molecular formula is C15H12BrF3N2O3S. The predicted molar refractivity (Wildman–Crippen MR) is 89.0 cm³/mol. The first kappa shape index (κ1) is 19.4. The van der Waals surface area contributed by atoms with Crippen LogP contribution in [-0.4, -0.2) is 31.4 Å². The van der Waals surface area contributed by atoms with Crippen LogP contribution in [0.3, 0.4) is 0 Å². The smallest absolute Gasteiger partial charge is 0.293 e. The van der Waals surface area contributed by atoms with Crippen LogP contribution in [0.1, 0.15) is 17.3 Å². The van der Waals surface area contributed by atoms with Gasteiger partial charge in [0.2, 0.25) is 0 Å². The third kappa shape index (κ3) is 4.01. The number of hydrogen-bond donors (Lipinski definition) is 0. The van der Waals surface area contributed by atoms with E-state index >= 15 is 0 Å². The normalized spacial score (nSPS) is 12.0. The summed E-state index contributed by atoms with van der Waals surface area (Å²) in [5.41, 5.74) is -5.34. The summed E-state index contributed by atoms with van der Waals surface area (Å²) in [7, 11) is -5.44. The molecule has 5 nitrogen and oxygen atoms in total. The number of rotatable bonds is 4. The Kier molecular flexibility index (Phi) is 5.52. The molecule has 1 amide bonds. The largest absolute Gasteiger partial charge is 0.501 e. The van der Waals surface area contributed by atoms with Crippen LogP contribution < -0.4 is 4.90 Å². The van der Waals surface area contributed by atoms with E-state index in [1.54, 1.807) is 19.1 Å². The Bertz CT molecular complexity index is 866. The molecule has 0 atom stereocenters. The van der Waals surface area contributed by atoms with Crippen molar-refractivity contribution in [1.82, 2.24) is 4.98 Å². The number of carbonyl (C=O) groups is 1. The standard InChI is InChI=1S/C15H12BrF3N2O3S/c1-2-21(13-8-5-11(16)9-20-13)14(22)10-3-6-12(7-4-10)25(23,24)15(17,18)19/h3-9H,2H2,1H3. The summed E-state index contributed by atoms with van der Waals surface area (Å²) >= 11 is 3.23. The summed E-state index contributed by atoms with van der Waals surface area (Å²) < 4.78 is 61.0. The summed E-state index contributed by atoms with van der Waals surface area (Å²) in [6.07, 6.45) is 1.50. The maximum Gasteiger partial charge on any atom is 0.501 e. The monoisotopic (exact) mass is 436 g/mol. The van der Waals surface area contributed by atoms with E-state index in [1.807, 2.05) is 0 Å². The summed E-state index contributed by atoms with van der Waals surface area (Å²) in [5.74, 6) is -0.143. The number of carbonyl (C=O) groups excluding carboxylic acids is 1. The Morgan fingerprint density at radius 2 is 1.76 bits per heavy atom. The van der Waals surface area contributed by atoms with Crippen LogP contribution in [0, 0.1) is 0 Å². The number of amides is 1. The molecule has 25 heavy (non-hydrogen) atoms. The van der Waals surface area contributed by atoms with Gasteiger partial charge in [-0.05, 0) is 59.3 Å². The van der Waals surface area contributed by atoms with Gasteiger partial charge in [0.1, 0.15) is 5.82 Å². The topological polar surface area (TPSA) is 67.3 Å². The van der Waals surface area contributed by atoms with Gasteiger partial charge in [0, 0.05) is 22.8 Å². The average molecular weight is 437 g/mol. The van der Waals surface area contributed by atoms with E-state index in [1.165, 1.54) is 11.1 Å². The van der Waals surface area contributed by atoms with Crippen LogP contribution in [0.15, 0.2) is 52.0 Å². The lowest BCUT2D eigenvalue weighted by atomic mass is 10.2. The molecule has 0 fully saturated rings. The minimum atomic E-state index is -5.44. The van der Waals surface area contributed by atoms with Crippen molar-refractivity contribution in [3.8, 4) is 0 Å². The Hall–Kier alpha value is -1.94. The molecule has 0 spiro atoms. The number of anilines is 1. The molecule has 2 aromatic rings. The van der Waals surface area contributed by atoms with Gasteiger partial charge in [0.25, 0.3) is 15.7 Å². The van der Waals surface area contributed by atoms with Crippen molar-refractivity contribution in [2.75, 3.05) is 11.4 Å². The van der Waals surface area contributed by atoms with E-state index in [0.717, 1.165) is 28.7 Å². The number of nitrogens with zero attached hydrogens (tertiary/aromatic N) is 2. The van der Waals surface area contributed by atoms with Gasteiger partial charge in [0.05, 0.1) is 4.90 Å². The minimum Gasteiger partial charge on any atom is -0.293 e. The highest BCUT2D eigenvalue weighted by molar-refractivity contribution is 9.10. The number of alkyl halides is 3. The van der Waals surface area contributed by atoms with E-state index in [9.17, 15) is 26.4 Å². The first-order chi connectivity index (χ1) is 11.6. The lowest BCUT2D eigenvalue weighted by Crippen LogP contribution is -2.31. The van der Waals surface area contributed by atoms with Gasteiger partial charge in [0.15, 0.2) is 0 Å². The molecule has 0 saturated carbocycles. The van der Waals surface area contributed by atoms with Crippen LogP contribution >= 0.6 is 15.9 Å². The third-order valence-electron chi connectivity index (χ3n) is 3.27. The lowest BCUT2D eigenvalue weighted by molar-refractivity contribution is -0.0436. The van der Waals surface area contributed by atoms with Gasteiger partial charge in [-0.1, -0.05) is 0 Å². The fourth-order valence-corrected chi connectivity index (χ4v) is 3.00. The number of sulfone groups is 1. The van der Waals surface area contributed by atoms with Crippen LogP contribution in [0.4, 0.5) is 19.0 Å². The SMILES string of the molecule is CCN(C(=O)c1ccc(S(=O)(=O)C(F)(F)F)cc1)c1ccc(Br)cn1. The fourth-order valence-electron chi connectivity index (χ4n) is 2.00. The zero-order valence-electron chi connectivity index (χ0n) is 12.8. The van der Waals surface area contributed by atoms with E-state index in [4.69, 9.17) is 0 Å². The molecule has 0 aliphatic carbocycles. The quantitative estimate of drug-likeness (QED) is 0.730. The second-order valence-electron chi connectivity index (χ2n) is 4.86. The Morgan fingerprint density at radius 1 is 1.16 bits per heavy atom. The van der Waals surface area contributed by atoms with E-state index in [-0.39, 0.29) is 12.1 Å². The molecule has 0 unspecified atom stereocenters. The first-order valence-electron chi connectivity index (χ1n) is 6.92. The third-order valence-corrected chi connectivity index (χ3v) is 5.24. The maximum atomic E-state index is 12.5. The van der Waals surface area contributed by atoms with E-state index in [0.29, 0.717) is 5.82 Å². The van der Waals surface area contributed by atoms with Crippen molar-refractivity contribution in [1.29, 1.82) is 0 Å². The highest BCUT2D eigenvalue weighted by Gasteiger charge is 2.46. The molecule has 1 heterocycles.